The molecule has 0 radical (unpaired) electrons. The van der Waals surface area contributed by atoms with Gasteiger partial charge in [-0.3, -0.25) is 0 Å². The van der Waals surface area contributed by atoms with E-state index in [0.717, 1.165) is 6.42 Å². The summed E-state index contributed by atoms with van der Waals surface area (Å²) in [5.41, 5.74) is 2.46. The highest BCUT2D eigenvalue weighted by atomic mass is 16.3. The molecule has 0 spiro atoms. The third-order valence-electron chi connectivity index (χ3n) is 3.78. The van der Waals surface area contributed by atoms with Gasteiger partial charge in [-0.25, -0.2) is 0 Å². The van der Waals surface area contributed by atoms with Crippen molar-refractivity contribution in [2.45, 2.75) is 32.1 Å². The molecule has 0 bridgehead atoms. The van der Waals surface area contributed by atoms with Crippen LogP contribution < -0.4 is 0 Å². The van der Waals surface area contributed by atoms with Gasteiger partial charge in [-0.1, -0.05) is 38.1 Å². The van der Waals surface area contributed by atoms with E-state index in [2.05, 4.69) is 13.8 Å². The topological polar surface area (TPSA) is 40.5 Å². The quantitative estimate of drug-likeness (QED) is 0.851. The van der Waals surface area contributed by atoms with Crippen LogP contribution in [0.25, 0.3) is 0 Å². The van der Waals surface area contributed by atoms with Gasteiger partial charge in [0.1, 0.15) is 11.5 Å². The highest BCUT2D eigenvalue weighted by Gasteiger charge is 2.19. The van der Waals surface area contributed by atoms with Crippen molar-refractivity contribution in [1.29, 1.82) is 0 Å². The molecule has 19 heavy (non-hydrogen) atoms. The molecule has 0 amide bonds. The first-order valence-electron chi connectivity index (χ1n) is 6.69. The van der Waals surface area contributed by atoms with Crippen molar-refractivity contribution in [1.82, 2.24) is 0 Å². The third-order valence-corrected chi connectivity index (χ3v) is 3.78. The minimum atomic E-state index is 0.300. The minimum Gasteiger partial charge on any atom is -0.508 e. The molecule has 0 saturated carbocycles. The Kier molecular flexibility index (Phi) is 4.10. The van der Waals surface area contributed by atoms with E-state index in [-0.39, 0.29) is 0 Å². The Morgan fingerprint density at radius 1 is 0.789 bits per heavy atom. The Morgan fingerprint density at radius 2 is 1.21 bits per heavy atom. The summed E-state index contributed by atoms with van der Waals surface area (Å²) in [5.74, 6) is 1.38. The van der Waals surface area contributed by atoms with Crippen LogP contribution in [0.2, 0.25) is 0 Å². The fourth-order valence-corrected chi connectivity index (χ4v) is 2.61. The molecule has 0 heterocycles. The van der Waals surface area contributed by atoms with Gasteiger partial charge in [0.25, 0.3) is 0 Å². The number of benzene rings is 2. The van der Waals surface area contributed by atoms with Gasteiger partial charge in [0.15, 0.2) is 0 Å². The lowest BCUT2D eigenvalue weighted by atomic mass is 9.81. The van der Waals surface area contributed by atoms with E-state index in [1.165, 1.54) is 11.1 Å². The average Bonchev–Trinajstić information content (AvgIpc) is 2.42. The first kappa shape index (κ1) is 13.5. The standard InChI is InChI=1S/C17H20O2/c1-3-17(14-6-10-16(19)11-7-14)12(2)13-4-8-15(18)9-5-13/h4-12,17-19H,3H2,1-2H3/t12-,17+/m0/s1. The summed E-state index contributed by atoms with van der Waals surface area (Å²) in [4.78, 5) is 0. The number of aromatic hydroxyl groups is 2. The molecule has 2 atom stereocenters. The Hall–Kier alpha value is -1.96. The van der Waals surface area contributed by atoms with Crippen LogP contribution in [-0.2, 0) is 0 Å². The second-order valence-electron chi connectivity index (χ2n) is 4.99. The maximum Gasteiger partial charge on any atom is 0.115 e. The molecule has 0 aliphatic heterocycles. The summed E-state index contributed by atoms with van der Waals surface area (Å²) in [7, 11) is 0. The summed E-state index contributed by atoms with van der Waals surface area (Å²) < 4.78 is 0. The van der Waals surface area contributed by atoms with E-state index in [9.17, 15) is 10.2 Å². The maximum absolute atomic E-state index is 9.37. The lowest BCUT2D eigenvalue weighted by molar-refractivity contribution is 0.472. The lowest BCUT2D eigenvalue weighted by Gasteiger charge is -2.23. The zero-order chi connectivity index (χ0) is 13.8. The average molecular weight is 256 g/mol. The summed E-state index contributed by atoms with van der Waals surface area (Å²) in [5, 5.41) is 18.7. The van der Waals surface area contributed by atoms with E-state index >= 15 is 0 Å². The van der Waals surface area contributed by atoms with Crippen molar-refractivity contribution in [2.24, 2.45) is 0 Å². The SMILES string of the molecule is CC[C@@H](c1ccc(O)cc1)[C@@H](C)c1ccc(O)cc1. The number of hydrogen-bond acceptors (Lipinski definition) is 2. The number of phenolic OH excluding ortho intramolecular Hbond substituents is 2. The molecule has 2 aromatic rings. The molecule has 0 saturated heterocycles. The molecule has 2 N–H and O–H groups in total. The normalized spacial score (nSPS) is 14.0. The largest absolute Gasteiger partial charge is 0.508 e. The second-order valence-corrected chi connectivity index (χ2v) is 4.99. The van der Waals surface area contributed by atoms with Crippen molar-refractivity contribution in [3.05, 3.63) is 59.7 Å². The molecule has 0 fully saturated rings. The molecule has 2 rings (SSSR count). The van der Waals surface area contributed by atoms with Gasteiger partial charge < -0.3 is 10.2 Å². The fourth-order valence-electron chi connectivity index (χ4n) is 2.61. The van der Waals surface area contributed by atoms with E-state index in [0.29, 0.717) is 23.3 Å². The Bertz CT molecular complexity index is 514. The van der Waals surface area contributed by atoms with Crippen LogP contribution in [0.5, 0.6) is 11.5 Å². The summed E-state index contributed by atoms with van der Waals surface area (Å²) in [6, 6.07) is 14.9. The molecule has 100 valence electrons. The van der Waals surface area contributed by atoms with Gasteiger partial charge in [-0.2, -0.15) is 0 Å². The Labute approximate surface area is 114 Å². The number of rotatable bonds is 4. The number of hydrogen-bond donors (Lipinski definition) is 2. The fraction of sp³-hybridized carbons (Fsp3) is 0.294. The van der Waals surface area contributed by atoms with Crippen LogP contribution in [0.1, 0.15) is 43.2 Å². The molecule has 0 aromatic heterocycles. The Balaban J connectivity index is 2.26. The van der Waals surface area contributed by atoms with E-state index in [1.54, 1.807) is 24.3 Å². The van der Waals surface area contributed by atoms with Crippen molar-refractivity contribution in [2.75, 3.05) is 0 Å². The molecular weight excluding hydrogens is 236 g/mol. The van der Waals surface area contributed by atoms with Crippen LogP contribution >= 0.6 is 0 Å². The first-order chi connectivity index (χ1) is 9.11. The first-order valence-corrected chi connectivity index (χ1v) is 6.69. The third kappa shape index (κ3) is 3.08. The highest BCUT2D eigenvalue weighted by Crippen LogP contribution is 2.36. The van der Waals surface area contributed by atoms with Gasteiger partial charge in [-0.05, 0) is 53.6 Å². The molecule has 2 nitrogen and oxygen atoms in total. The molecule has 0 aliphatic rings. The summed E-state index contributed by atoms with van der Waals surface area (Å²) in [6.45, 7) is 4.38. The van der Waals surface area contributed by atoms with Crippen molar-refractivity contribution < 1.29 is 10.2 Å². The van der Waals surface area contributed by atoms with Crippen molar-refractivity contribution in [3.63, 3.8) is 0 Å². The van der Waals surface area contributed by atoms with Crippen molar-refractivity contribution in [3.8, 4) is 11.5 Å². The van der Waals surface area contributed by atoms with Crippen LogP contribution in [0.4, 0.5) is 0 Å². The second kappa shape index (κ2) is 5.79. The van der Waals surface area contributed by atoms with E-state index in [4.69, 9.17) is 0 Å². The van der Waals surface area contributed by atoms with Gasteiger partial charge in [0.05, 0.1) is 0 Å². The van der Waals surface area contributed by atoms with Gasteiger partial charge in [0.2, 0.25) is 0 Å². The maximum atomic E-state index is 9.37. The predicted molar refractivity (Wildman–Crippen MR) is 77.7 cm³/mol. The predicted octanol–water partition coefficient (Wildman–Crippen LogP) is 4.40. The summed E-state index contributed by atoms with van der Waals surface area (Å²) >= 11 is 0. The van der Waals surface area contributed by atoms with Crippen LogP contribution in [0.3, 0.4) is 0 Å². The smallest absolute Gasteiger partial charge is 0.115 e. The van der Waals surface area contributed by atoms with E-state index < -0.39 is 0 Å². The molecule has 2 aromatic carbocycles. The molecule has 0 unspecified atom stereocenters. The number of phenols is 2. The monoisotopic (exact) mass is 256 g/mol. The molecular formula is C17H20O2. The van der Waals surface area contributed by atoms with Gasteiger partial charge in [0, 0.05) is 0 Å². The van der Waals surface area contributed by atoms with Gasteiger partial charge in [-0.15, -0.1) is 0 Å². The van der Waals surface area contributed by atoms with E-state index in [1.807, 2.05) is 24.3 Å². The minimum absolute atomic E-state index is 0.300. The lowest BCUT2D eigenvalue weighted by Crippen LogP contribution is -2.07. The van der Waals surface area contributed by atoms with Crippen LogP contribution in [0.15, 0.2) is 48.5 Å². The molecule has 2 heteroatoms. The van der Waals surface area contributed by atoms with Crippen LogP contribution in [-0.4, -0.2) is 10.2 Å². The summed E-state index contributed by atoms with van der Waals surface area (Å²) in [6.07, 6.45) is 1.03. The van der Waals surface area contributed by atoms with Crippen molar-refractivity contribution >= 4 is 0 Å². The zero-order valence-electron chi connectivity index (χ0n) is 11.4. The van der Waals surface area contributed by atoms with Gasteiger partial charge >= 0.3 is 0 Å². The molecule has 0 aliphatic carbocycles. The van der Waals surface area contributed by atoms with Crippen LogP contribution in [0, 0.1) is 0 Å². The zero-order valence-corrected chi connectivity index (χ0v) is 11.4. The Morgan fingerprint density at radius 3 is 1.63 bits per heavy atom. The highest BCUT2D eigenvalue weighted by molar-refractivity contribution is 5.34.